The normalized spacial score (nSPS) is 14.6. The van der Waals surface area contributed by atoms with E-state index in [1.165, 1.54) is 20.4 Å². The number of aromatic nitrogens is 4. The van der Waals surface area contributed by atoms with Crippen LogP contribution in [0.5, 0.6) is 5.75 Å². The average molecular weight is 471 g/mol. The molecule has 2 heterocycles. The number of carbonyl (C=O) groups excluding carboxylic acids is 2. The van der Waals surface area contributed by atoms with Crippen LogP contribution in [0.2, 0.25) is 5.02 Å². The molecule has 1 unspecified atom stereocenters. The first-order valence-electron chi connectivity index (χ1n) is 9.61. The summed E-state index contributed by atoms with van der Waals surface area (Å²) in [5.41, 5.74) is 1.48. The summed E-state index contributed by atoms with van der Waals surface area (Å²) < 4.78 is 11.7. The fraction of sp³-hybridized carbons (Fsp3) is 0.227. The van der Waals surface area contributed by atoms with E-state index in [4.69, 9.17) is 16.3 Å². The molecule has 4 rings (SSSR count). The lowest BCUT2D eigenvalue weighted by Crippen LogP contribution is -2.17. The number of allylic oxidation sites excluding steroid dienone is 1. The number of Topliss-reactive ketones (excluding diaryl/α,β-unsaturated/α-hetero) is 1. The Bertz CT molecular complexity index is 1220. The fourth-order valence-corrected chi connectivity index (χ4v) is 4.61. The van der Waals surface area contributed by atoms with E-state index in [-0.39, 0.29) is 11.5 Å². The number of benzene rings is 1. The Kier molecular flexibility index (Phi) is 6.29. The summed E-state index contributed by atoms with van der Waals surface area (Å²) in [5, 5.41) is 5.04. The maximum atomic E-state index is 12.8. The standard InChI is InChI=1S/C22H19ClN4O4S/c1-12-25-11-27(26-12)21-18-13(10-32-15-6-4-14(23)5-7-15)8-16(20(28)22(29)31-3)19(18)17(30-2)9-24-21/h4-9,11,13H,10H2,1-3H3. The van der Waals surface area contributed by atoms with E-state index in [1.54, 1.807) is 35.8 Å². The van der Waals surface area contributed by atoms with Crippen molar-refractivity contribution in [2.24, 2.45) is 0 Å². The first-order chi connectivity index (χ1) is 15.4. The quantitative estimate of drug-likeness (QED) is 0.293. The first-order valence-corrected chi connectivity index (χ1v) is 11.0. The molecule has 1 aliphatic rings. The summed E-state index contributed by atoms with van der Waals surface area (Å²) in [7, 11) is 2.67. The highest BCUT2D eigenvalue weighted by Crippen LogP contribution is 2.45. The van der Waals surface area contributed by atoms with E-state index in [0.29, 0.717) is 33.7 Å². The second-order valence-electron chi connectivity index (χ2n) is 6.95. The largest absolute Gasteiger partial charge is 0.494 e. The maximum absolute atomic E-state index is 12.8. The molecule has 2 aromatic heterocycles. The summed E-state index contributed by atoms with van der Waals surface area (Å²) in [6.07, 6.45) is 4.84. The van der Waals surface area contributed by atoms with Gasteiger partial charge in [0.1, 0.15) is 17.9 Å². The number of esters is 1. The molecule has 0 saturated carbocycles. The van der Waals surface area contributed by atoms with Gasteiger partial charge in [-0.1, -0.05) is 17.7 Å². The fourth-order valence-electron chi connectivity index (χ4n) is 3.52. The minimum atomic E-state index is -0.940. The van der Waals surface area contributed by atoms with Gasteiger partial charge in [-0.2, -0.15) is 5.10 Å². The van der Waals surface area contributed by atoms with Crippen molar-refractivity contribution in [2.75, 3.05) is 20.0 Å². The zero-order valence-electron chi connectivity index (χ0n) is 17.5. The second kappa shape index (κ2) is 9.13. The number of ketones is 1. The molecule has 0 saturated heterocycles. The molecule has 1 atom stereocenters. The Labute approximate surface area is 193 Å². The number of hydrogen-bond donors (Lipinski definition) is 0. The first kappa shape index (κ1) is 22.0. The highest BCUT2D eigenvalue weighted by molar-refractivity contribution is 7.99. The summed E-state index contributed by atoms with van der Waals surface area (Å²) >= 11 is 7.59. The van der Waals surface area contributed by atoms with Gasteiger partial charge in [-0.3, -0.25) is 4.79 Å². The minimum absolute atomic E-state index is 0.228. The van der Waals surface area contributed by atoms with Gasteiger partial charge in [0.2, 0.25) is 0 Å². The van der Waals surface area contributed by atoms with Gasteiger partial charge in [-0.25, -0.2) is 19.4 Å². The summed E-state index contributed by atoms with van der Waals surface area (Å²) in [5.74, 6) is 0.164. The van der Waals surface area contributed by atoms with Gasteiger partial charge in [-0.05, 0) is 31.2 Å². The molecule has 1 aliphatic carbocycles. The Morgan fingerprint density at radius 3 is 2.56 bits per heavy atom. The van der Waals surface area contributed by atoms with E-state index in [1.807, 2.05) is 24.3 Å². The summed E-state index contributed by atoms with van der Waals surface area (Å²) in [6.45, 7) is 1.78. The Morgan fingerprint density at radius 2 is 1.94 bits per heavy atom. The predicted molar refractivity (Wildman–Crippen MR) is 120 cm³/mol. The molecule has 3 aromatic rings. The van der Waals surface area contributed by atoms with Gasteiger partial charge < -0.3 is 9.47 Å². The molecule has 0 amide bonds. The number of carbonyl (C=O) groups is 2. The number of nitrogens with zero attached hydrogens (tertiary/aromatic N) is 4. The molecule has 1 aromatic carbocycles. The Hall–Kier alpha value is -3.17. The topological polar surface area (TPSA) is 96.2 Å². The van der Waals surface area contributed by atoms with Crippen molar-refractivity contribution in [3.63, 3.8) is 0 Å². The van der Waals surface area contributed by atoms with Crippen LogP contribution in [0.1, 0.15) is 22.9 Å². The van der Waals surface area contributed by atoms with E-state index in [2.05, 4.69) is 19.8 Å². The molecule has 164 valence electrons. The van der Waals surface area contributed by atoms with Crippen LogP contribution >= 0.6 is 23.4 Å². The molecule has 32 heavy (non-hydrogen) atoms. The molecule has 0 aliphatic heterocycles. The van der Waals surface area contributed by atoms with Crippen molar-refractivity contribution in [1.29, 1.82) is 0 Å². The van der Waals surface area contributed by atoms with E-state index < -0.39 is 11.8 Å². The van der Waals surface area contributed by atoms with Gasteiger partial charge >= 0.3 is 5.97 Å². The number of pyridine rings is 1. The monoisotopic (exact) mass is 470 g/mol. The lowest BCUT2D eigenvalue weighted by atomic mass is 10.00. The number of rotatable bonds is 7. The van der Waals surface area contributed by atoms with Crippen LogP contribution in [0.4, 0.5) is 0 Å². The molecule has 10 heteroatoms. The Morgan fingerprint density at radius 1 is 1.19 bits per heavy atom. The SMILES string of the molecule is COC(=O)C(=O)C1=CC(CSc2ccc(Cl)cc2)c2c(-n3cnc(C)n3)ncc(OC)c21. The van der Waals surface area contributed by atoms with E-state index >= 15 is 0 Å². The zero-order valence-corrected chi connectivity index (χ0v) is 19.1. The molecular formula is C22H19ClN4O4S. The number of thioether (sulfide) groups is 1. The minimum Gasteiger partial charge on any atom is -0.494 e. The van der Waals surface area contributed by atoms with Crippen molar-refractivity contribution in [1.82, 2.24) is 19.7 Å². The lowest BCUT2D eigenvalue weighted by molar-refractivity contribution is -0.148. The molecule has 0 N–H and O–H groups in total. The van der Waals surface area contributed by atoms with Crippen LogP contribution in [0.15, 0.2) is 47.8 Å². The molecule has 8 nitrogen and oxygen atoms in total. The van der Waals surface area contributed by atoms with Crippen molar-refractivity contribution in [3.8, 4) is 11.6 Å². The van der Waals surface area contributed by atoms with E-state index in [0.717, 1.165) is 10.5 Å². The maximum Gasteiger partial charge on any atom is 0.379 e. The third-order valence-corrected chi connectivity index (χ3v) is 6.35. The number of ether oxygens (including phenoxy) is 2. The third kappa shape index (κ3) is 4.13. The number of halogens is 1. The molecule has 0 radical (unpaired) electrons. The molecule has 0 fully saturated rings. The van der Waals surface area contributed by atoms with Crippen molar-refractivity contribution in [3.05, 3.63) is 64.8 Å². The highest BCUT2D eigenvalue weighted by Gasteiger charge is 2.36. The van der Waals surface area contributed by atoms with Crippen molar-refractivity contribution < 1.29 is 19.1 Å². The van der Waals surface area contributed by atoms with Crippen LogP contribution < -0.4 is 4.74 Å². The third-order valence-electron chi connectivity index (χ3n) is 4.97. The van der Waals surface area contributed by atoms with Gasteiger partial charge in [0.25, 0.3) is 5.78 Å². The average Bonchev–Trinajstić information content (AvgIpc) is 3.41. The molecular weight excluding hydrogens is 452 g/mol. The van der Waals surface area contributed by atoms with Gasteiger partial charge in [0, 0.05) is 38.3 Å². The smallest absolute Gasteiger partial charge is 0.379 e. The van der Waals surface area contributed by atoms with Crippen LogP contribution in [-0.4, -0.2) is 51.5 Å². The number of fused-ring (bicyclic) bond motifs is 1. The summed E-state index contributed by atoms with van der Waals surface area (Å²) in [4.78, 5) is 34.6. The molecule has 0 bridgehead atoms. The lowest BCUT2D eigenvalue weighted by Gasteiger charge is -2.17. The van der Waals surface area contributed by atoms with Gasteiger partial charge in [0.05, 0.1) is 20.4 Å². The highest BCUT2D eigenvalue weighted by atomic mass is 35.5. The van der Waals surface area contributed by atoms with Crippen molar-refractivity contribution in [2.45, 2.75) is 17.7 Å². The van der Waals surface area contributed by atoms with Gasteiger partial charge in [-0.15, -0.1) is 11.8 Å². The molecule has 0 spiro atoms. The summed E-state index contributed by atoms with van der Waals surface area (Å²) in [6, 6.07) is 7.50. The van der Waals surface area contributed by atoms with Gasteiger partial charge in [0.15, 0.2) is 5.82 Å². The van der Waals surface area contributed by atoms with Crippen LogP contribution in [-0.2, 0) is 14.3 Å². The number of methoxy groups -OCH3 is 2. The zero-order chi connectivity index (χ0) is 22.8. The van der Waals surface area contributed by atoms with Crippen molar-refractivity contribution >= 4 is 40.7 Å². The van der Waals surface area contributed by atoms with Crippen LogP contribution in [0.25, 0.3) is 11.4 Å². The second-order valence-corrected chi connectivity index (χ2v) is 8.48. The number of hydrogen-bond acceptors (Lipinski definition) is 8. The van der Waals surface area contributed by atoms with Crippen LogP contribution in [0.3, 0.4) is 0 Å². The van der Waals surface area contributed by atoms with E-state index in [9.17, 15) is 9.59 Å². The predicted octanol–water partition coefficient (Wildman–Crippen LogP) is 3.65. The number of aryl methyl sites for hydroxylation is 1. The van der Waals surface area contributed by atoms with Crippen LogP contribution in [0, 0.1) is 6.92 Å². The Balaban J connectivity index is 1.81.